The van der Waals surface area contributed by atoms with Gasteiger partial charge in [-0.3, -0.25) is 0 Å². The molecule has 1 heteroatoms. The van der Waals surface area contributed by atoms with Crippen LogP contribution in [0.1, 0.15) is 51.3 Å². The zero-order valence-corrected chi connectivity index (χ0v) is 29.6. The molecule has 0 fully saturated rings. The lowest BCUT2D eigenvalue weighted by atomic mass is 9.79. The number of nitrogens with zero attached hydrogens (tertiary/aromatic N) is 1. The van der Waals surface area contributed by atoms with Crippen molar-refractivity contribution in [2.45, 2.75) is 45.4 Å². The number of rotatable bonds is 6. The van der Waals surface area contributed by atoms with Crippen LogP contribution in [0.4, 0.5) is 17.1 Å². The van der Waals surface area contributed by atoms with E-state index in [1.807, 2.05) is 0 Å². The van der Waals surface area contributed by atoms with E-state index >= 15 is 0 Å². The van der Waals surface area contributed by atoms with Crippen molar-refractivity contribution in [3.63, 3.8) is 0 Å². The largest absolute Gasteiger partial charge is 0.309 e. The first kappa shape index (κ1) is 31.6. The molecule has 0 radical (unpaired) electrons. The van der Waals surface area contributed by atoms with Gasteiger partial charge in [0.15, 0.2) is 0 Å². The summed E-state index contributed by atoms with van der Waals surface area (Å²) in [6, 6.07) is 62.2. The summed E-state index contributed by atoms with van der Waals surface area (Å²) in [6.45, 7) is 11.7. The molecule has 0 atom stereocenters. The molecule has 0 saturated carbocycles. The van der Waals surface area contributed by atoms with E-state index in [0.717, 1.165) is 17.1 Å². The Kier molecular flexibility index (Phi) is 7.80. The monoisotopic (exact) mass is 645 g/mol. The molecule has 0 N–H and O–H groups in total. The molecule has 0 amide bonds. The summed E-state index contributed by atoms with van der Waals surface area (Å²) in [5, 5.41) is 0. The van der Waals surface area contributed by atoms with Gasteiger partial charge in [0.2, 0.25) is 0 Å². The lowest BCUT2D eigenvalue weighted by Gasteiger charge is -2.32. The molecule has 0 bridgehead atoms. The van der Waals surface area contributed by atoms with Crippen molar-refractivity contribution >= 4 is 17.1 Å². The maximum Gasteiger partial charge on any atom is 0.0540 e. The highest BCUT2D eigenvalue weighted by Gasteiger charge is 2.38. The first-order valence-corrected chi connectivity index (χ1v) is 17.7. The highest BCUT2D eigenvalue weighted by molar-refractivity contribution is 6.01. The fourth-order valence-electron chi connectivity index (χ4n) is 7.83. The van der Waals surface area contributed by atoms with E-state index in [2.05, 4.69) is 209 Å². The standard InChI is InChI=1S/C49H43N/c1-48(2,3)36-31-32-41-43(33-36)49(4,5)42-27-18-26-40(47(41)42)39-25-14-17-30-46(39)50(44-28-15-12-23-37(44)34-19-8-6-9-20-34)45-29-16-13-24-38(45)35-21-10-7-11-22-35/h6-33H,1-5H3. The summed E-state index contributed by atoms with van der Waals surface area (Å²) in [7, 11) is 0. The normalized spacial score (nSPS) is 13.1. The SMILES string of the molecule is CC(C)(C)c1ccc2c(c1)C(C)(C)c1cccc(-c3ccccc3N(c3ccccc3-c3ccccc3)c3ccccc3-c3ccccc3)c1-2. The minimum absolute atomic E-state index is 0.0775. The average molecular weight is 646 g/mol. The zero-order chi connectivity index (χ0) is 34.5. The third kappa shape index (κ3) is 5.35. The Bertz CT molecular complexity index is 2240. The van der Waals surface area contributed by atoms with Crippen molar-refractivity contribution in [2.75, 3.05) is 4.90 Å². The molecule has 0 aliphatic heterocycles. The van der Waals surface area contributed by atoms with Crippen molar-refractivity contribution in [3.05, 3.63) is 187 Å². The van der Waals surface area contributed by atoms with E-state index in [1.165, 1.54) is 61.2 Å². The van der Waals surface area contributed by atoms with Crippen LogP contribution in [-0.4, -0.2) is 0 Å². The van der Waals surface area contributed by atoms with Crippen LogP contribution < -0.4 is 4.90 Å². The van der Waals surface area contributed by atoms with Gasteiger partial charge in [-0.2, -0.15) is 0 Å². The second kappa shape index (κ2) is 12.3. The Morgan fingerprint density at radius 3 is 1.40 bits per heavy atom. The van der Waals surface area contributed by atoms with Crippen LogP contribution in [0.3, 0.4) is 0 Å². The molecule has 7 aromatic rings. The molecule has 0 saturated heterocycles. The van der Waals surface area contributed by atoms with Crippen molar-refractivity contribution < 1.29 is 0 Å². The second-order valence-corrected chi connectivity index (χ2v) is 15.0. The Hall–Kier alpha value is -5.66. The van der Waals surface area contributed by atoms with Crippen molar-refractivity contribution in [2.24, 2.45) is 0 Å². The number of benzene rings is 7. The van der Waals surface area contributed by atoms with Crippen LogP contribution in [0.25, 0.3) is 44.5 Å². The van der Waals surface area contributed by atoms with Crippen LogP contribution in [0.5, 0.6) is 0 Å². The van der Waals surface area contributed by atoms with E-state index in [0.29, 0.717) is 0 Å². The van der Waals surface area contributed by atoms with E-state index in [4.69, 9.17) is 0 Å². The number of hydrogen-bond donors (Lipinski definition) is 0. The maximum absolute atomic E-state index is 2.49. The summed E-state index contributed by atoms with van der Waals surface area (Å²) in [4.78, 5) is 2.49. The molecular weight excluding hydrogens is 603 g/mol. The average Bonchev–Trinajstić information content (AvgIpc) is 3.38. The van der Waals surface area contributed by atoms with Gasteiger partial charge in [0, 0.05) is 22.1 Å². The van der Waals surface area contributed by atoms with Gasteiger partial charge in [0.25, 0.3) is 0 Å². The van der Waals surface area contributed by atoms with Gasteiger partial charge >= 0.3 is 0 Å². The lowest BCUT2D eigenvalue weighted by molar-refractivity contribution is 0.584. The molecule has 7 aromatic carbocycles. The third-order valence-electron chi connectivity index (χ3n) is 10.5. The van der Waals surface area contributed by atoms with Gasteiger partial charge in [0.1, 0.15) is 0 Å². The first-order valence-electron chi connectivity index (χ1n) is 17.7. The molecule has 1 aliphatic carbocycles. The number of hydrogen-bond acceptors (Lipinski definition) is 1. The van der Waals surface area contributed by atoms with Gasteiger partial charge in [-0.25, -0.2) is 0 Å². The molecule has 0 unspecified atom stereocenters. The summed E-state index contributed by atoms with van der Waals surface area (Å²) >= 11 is 0. The van der Waals surface area contributed by atoms with Crippen LogP contribution >= 0.6 is 0 Å². The van der Waals surface area contributed by atoms with Crippen molar-refractivity contribution in [1.82, 2.24) is 0 Å². The molecule has 244 valence electrons. The minimum Gasteiger partial charge on any atom is -0.309 e. The zero-order valence-electron chi connectivity index (χ0n) is 29.6. The van der Waals surface area contributed by atoms with Crippen molar-refractivity contribution in [3.8, 4) is 44.5 Å². The third-order valence-corrected chi connectivity index (χ3v) is 10.5. The number of para-hydroxylation sites is 3. The number of fused-ring (bicyclic) bond motifs is 3. The number of anilines is 3. The Morgan fingerprint density at radius 1 is 0.400 bits per heavy atom. The highest BCUT2D eigenvalue weighted by Crippen LogP contribution is 2.55. The Morgan fingerprint density at radius 2 is 0.860 bits per heavy atom. The summed E-state index contributed by atoms with van der Waals surface area (Å²) in [6.07, 6.45) is 0. The lowest BCUT2D eigenvalue weighted by Crippen LogP contribution is -2.17. The Balaban J connectivity index is 1.41. The van der Waals surface area contributed by atoms with Gasteiger partial charge < -0.3 is 4.90 Å². The topological polar surface area (TPSA) is 3.24 Å². The van der Waals surface area contributed by atoms with Gasteiger partial charge in [-0.1, -0.05) is 186 Å². The maximum atomic E-state index is 2.49. The fraction of sp³-hybridized carbons (Fsp3) is 0.143. The minimum atomic E-state index is -0.115. The first-order chi connectivity index (χ1) is 24.2. The van der Waals surface area contributed by atoms with Crippen LogP contribution in [0.15, 0.2) is 170 Å². The van der Waals surface area contributed by atoms with E-state index in [9.17, 15) is 0 Å². The van der Waals surface area contributed by atoms with Crippen molar-refractivity contribution in [1.29, 1.82) is 0 Å². The predicted molar refractivity (Wildman–Crippen MR) is 214 cm³/mol. The molecule has 50 heavy (non-hydrogen) atoms. The van der Waals surface area contributed by atoms with Crippen LogP contribution in [0.2, 0.25) is 0 Å². The molecule has 1 aliphatic rings. The molecule has 8 rings (SSSR count). The van der Waals surface area contributed by atoms with Crippen LogP contribution in [-0.2, 0) is 10.8 Å². The highest BCUT2D eigenvalue weighted by atomic mass is 15.1. The summed E-state index contributed by atoms with van der Waals surface area (Å²) < 4.78 is 0. The van der Waals surface area contributed by atoms with Gasteiger partial charge in [-0.15, -0.1) is 0 Å². The fourth-order valence-corrected chi connectivity index (χ4v) is 7.83. The molecule has 0 heterocycles. The smallest absolute Gasteiger partial charge is 0.0540 e. The Labute approximate surface area is 297 Å². The molecular formula is C49H43N. The molecule has 0 aromatic heterocycles. The van der Waals surface area contributed by atoms with Gasteiger partial charge in [0.05, 0.1) is 17.1 Å². The van der Waals surface area contributed by atoms with Crippen LogP contribution in [0, 0.1) is 0 Å². The predicted octanol–water partition coefficient (Wildman–Crippen LogP) is 13.8. The van der Waals surface area contributed by atoms with E-state index in [-0.39, 0.29) is 10.8 Å². The summed E-state index contributed by atoms with van der Waals surface area (Å²) in [5.74, 6) is 0. The molecule has 1 nitrogen and oxygen atoms in total. The quantitative estimate of drug-likeness (QED) is 0.174. The van der Waals surface area contributed by atoms with Gasteiger partial charge in [-0.05, 0) is 68.1 Å². The molecule has 0 spiro atoms. The van der Waals surface area contributed by atoms with E-state index in [1.54, 1.807) is 0 Å². The summed E-state index contributed by atoms with van der Waals surface area (Å²) in [5.41, 5.74) is 17.4. The van der Waals surface area contributed by atoms with E-state index < -0.39 is 0 Å². The second-order valence-electron chi connectivity index (χ2n) is 15.0.